The molecule has 0 aliphatic carbocycles. The van der Waals surface area contributed by atoms with Crippen molar-refractivity contribution in [3.8, 4) is 0 Å². The Morgan fingerprint density at radius 1 is 1.13 bits per heavy atom. The minimum Gasteiger partial charge on any atom is -0.333 e. The highest BCUT2D eigenvalue weighted by molar-refractivity contribution is 9.10. The molecule has 4 nitrogen and oxygen atoms in total. The molecule has 0 spiro atoms. The maximum atomic E-state index is 12.8. The third-order valence-electron chi connectivity index (χ3n) is 4.38. The number of halogens is 1. The summed E-state index contributed by atoms with van der Waals surface area (Å²) in [6.45, 7) is 3.55. The van der Waals surface area contributed by atoms with Crippen LogP contribution in [-0.4, -0.2) is 9.55 Å². The molecule has 0 bridgehead atoms. The van der Waals surface area contributed by atoms with Crippen molar-refractivity contribution in [3.05, 3.63) is 67.9 Å². The largest absolute Gasteiger partial charge is 0.333 e. The Kier molecular flexibility index (Phi) is 3.27. The molecule has 1 aliphatic heterocycles. The molecule has 4 rings (SSSR count). The number of rotatable bonds is 1. The molecule has 0 fully saturated rings. The number of nitrogens with zero attached hydrogens (tertiary/aromatic N) is 3. The smallest absolute Gasteiger partial charge is 0.262 e. The second kappa shape index (κ2) is 5.20. The van der Waals surface area contributed by atoms with Crippen LogP contribution in [0.15, 0.2) is 45.7 Å². The maximum absolute atomic E-state index is 12.8. The van der Waals surface area contributed by atoms with Crippen molar-refractivity contribution in [2.75, 3.05) is 4.90 Å². The average Bonchev–Trinajstić information content (AvgIpc) is 2.95. The minimum atomic E-state index is -0.00893. The van der Waals surface area contributed by atoms with Gasteiger partial charge in [-0.05, 0) is 51.7 Å². The van der Waals surface area contributed by atoms with Crippen LogP contribution in [0.4, 0.5) is 5.95 Å². The van der Waals surface area contributed by atoms with E-state index < -0.39 is 0 Å². The van der Waals surface area contributed by atoms with Crippen molar-refractivity contribution in [1.82, 2.24) is 9.55 Å². The van der Waals surface area contributed by atoms with Gasteiger partial charge in [0.15, 0.2) is 0 Å². The predicted octanol–water partition coefficient (Wildman–Crippen LogP) is 3.52. The van der Waals surface area contributed by atoms with Gasteiger partial charge in [-0.2, -0.15) is 0 Å². The van der Waals surface area contributed by atoms with Crippen LogP contribution in [0.25, 0.3) is 10.9 Å². The lowest BCUT2D eigenvalue weighted by Crippen LogP contribution is -2.28. The Bertz CT molecular complexity index is 968. The van der Waals surface area contributed by atoms with E-state index >= 15 is 0 Å². The van der Waals surface area contributed by atoms with Crippen molar-refractivity contribution in [3.63, 3.8) is 0 Å². The second-order valence-corrected chi connectivity index (χ2v) is 6.90. The number of benzene rings is 2. The summed E-state index contributed by atoms with van der Waals surface area (Å²) < 4.78 is 2.52. The molecule has 0 saturated heterocycles. The van der Waals surface area contributed by atoms with Gasteiger partial charge in [-0.3, -0.25) is 9.36 Å². The highest BCUT2D eigenvalue weighted by Gasteiger charge is 2.23. The highest BCUT2D eigenvalue weighted by Crippen LogP contribution is 2.29. The molecule has 2 heterocycles. The first-order valence-corrected chi connectivity index (χ1v) is 8.32. The summed E-state index contributed by atoms with van der Waals surface area (Å²) in [4.78, 5) is 19.7. The van der Waals surface area contributed by atoms with Crippen LogP contribution in [0, 0.1) is 6.92 Å². The zero-order valence-electron chi connectivity index (χ0n) is 13.0. The van der Waals surface area contributed by atoms with Crippen LogP contribution >= 0.6 is 15.9 Å². The molecule has 0 atom stereocenters. The van der Waals surface area contributed by atoms with Crippen LogP contribution in [0.3, 0.4) is 0 Å². The standard InChI is InChI=1S/C18H16BrN3O/c1-11-7-14-16(15(19)8-11)20-18(21(2)17(14)23)22-9-12-5-3-4-6-13(12)10-22/h3-8H,9-10H2,1-2H3. The van der Waals surface area contributed by atoms with Crippen molar-refractivity contribution in [2.45, 2.75) is 20.0 Å². The van der Waals surface area contributed by atoms with Crippen molar-refractivity contribution in [1.29, 1.82) is 0 Å². The van der Waals surface area contributed by atoms with Crippen LogP contribution in [-0.2, 0) is 20.1 Å². The van der Waals surface area contributed by atoms with Gasteiger partial charge in [0.25, 0.3) is 5.56 Å². The topological polar surface area (TPSA) is 38.1 Å². The van der Waals surface area contributed by atoms with Gasteiger partial charge in [-0.25, -0.2) is 4.98 Å². The molecule has 1 aliphatic rings. The quantitative estimate of drug-likeness (QED) is 0.658. The van der Waals surface area contributed by atoms with E-state index in [1.54, 1.807) is 11.6 Å². The average molecular weight is 370 g/mol. The fourth-order valence-electron chi connectivity index (χ4n) is 3.22. The lowest BCUT2D eigenvalue weighted by atomic mass is 10.1. The van der Waals surface area contributed by atoms with E-state index in [1.807, 2.05) is 19.1 Å². The number of hydrogen-bond donors (Lipinski definition) is 0. The van der Waals surface area contributed by atoms with Gasteiger partial charge < -0.3 is 4.90 Å². The van der Waals surface area contributed by atoms with E-state index in [9.17, 15) is 4.79 Å². The van der Waals surface area contributed by atoms with Crippen molar-refractivity contribution >= 4 is 32.8 Å². The molecular formula is C18H16BrN3O. The SMILES string of the molecule is Cc1cc(Br)c2nc(N3Cc4ccccc4C3)n(C)c(=O)c2c1. The molecule has 116 valence electrons. The summed E-state index contributed by atoms with van der Waals surface area (Å²) in [5.41, 5.74) is 4.36. The fraction of sp³-hybridized carbons (Fsp3) is 0.222. The zero-order valence-corrected chi connectivity index (χ0v) is 14.6. The van der Waals surface area contributed by atoms with Crippen LogP contribution < -0.4 is 10.5 Å². The third kappa shape index (κ3) is 2.27. The zero-order chi connectivity index (χ0) is 16.1. The molecule has 23 heavy (non-hydrogen) atoms. The Morgan fingerprint density at radius 2 is 1.78 bits per heavy atom. The molecule has 5 heteroatoms. The van der Waals surface area contributed by atoms with E-state index in [2.05, 4.69) is 45.1 Å². The van der Waals surface area contributed by atoms with Gasteiger partial charge in [0, 0.05) is 24.6 Å². The molecule has 0 unspecified atom stereocenters. The van der Waals surface area contributed by atoms with Gasteiger partial charge in [0.05, 0.1) is 10.9 Å². The van der Waals surface area contributed by atoms with E-state index in [-0.39, 0.29) is 5.56 Å². The molecule has 3 aromatic rings. The highest BCUT2D eigenvalue weighted by atomic mass is 79.9. The van der Waals surface area contributed by atoms with Crippen molar-refractivity contribution < 1.29 is 0 Å². The predicted molar refractivity (Wildman–Crippen MR) is 95.8 cm³/mol. The normalized spacial score (nSPS) is 13.6. The molecule has 1 aromatic heterocycles. The third-order valence-corrected chi connectivity index (χ3v) is 4.98. The Labute approximate surface area is 142 Å². The number of anilines is 1. The molecule has 0 amide bonds. The van der Waals surface area contributed by atoms with E-state index in [0.717, 1.165) is 28.6 Å². The van der Waals surface area contributed by atoms with Crippen LogP contribution in [0.5, 0.6) is 0 Å². The van der Waals surface area contributed by atoms with Gasteiger partial charge in [0.1, 0.15) is 0 Å². The number of fused-ring (bicyclic) bond motifs is 2. The maximum Gasteiger partial charge on any atom is 0.262 e. The Hall–Kier alpha value is -2.14. The van der Waals surface area contributed by atoms with Gasteiger partial charge in [-0.1, -0.05) is 24.3 Å². The van der Waals surface area contributed by atoms with E-state index in [4.69, 9.17) is 4.98 Å². The fourth-order valence-corrected chi connectivity index (χ4v) is 3.88. The summed E-state index contributed by atoms with van der Waals surface area (Å²) in [7, 11) is 1.79. The monoisotopic (exact) mass is 369 g/mol. The van der Waals surface area contributed by atoms with Crippen LogP contribution in [0.2, 0.25) is 0 Å². The van der Waals surface area contributed by atoms with E-state index in [0.29, 0.717) is 11.3 Å². The van der Waals surface area contributed by atoms with Gasteiger partial charge >= 0.3 is 0 Å². The molecule has 2 aromatic carbocycles. The molecule has 0 saturated carbocycles. The number of aryl methyl sites for hydroxylation is 1. The Morgan fingerprint density at radius 3 is 2.43 bits per heavy atom. The first-order valence-electron chi connectivity index (χ1n) is 7.53. The minimum absolute atomic E-state index is 0.00893. The lowest BCUT2D eigenvalue weighted by molar-refractivity contribution is 0.745. The van der Waals surface area contributed by atoms with Crippen molar-refractivity contribution in [2.24, 2.45) is 7.05 Å². The van der Waals surface area contributed by atoms with Gasteiger partial charge in [-0.15, -0.1) is 0 Å². The molecular weight excluding hydrogens is 354 g/mol. The summed E-state index contributed by atoms with van der Waals surface area (Å²) >= 11 is 3.55. The Balaban J connectivity index is 1.89. The number of aromatic nitrogens is 2. The summed E-state index contributed by atoms with van der Waals surface area (Å²) in [6.07, 6.45) is 0. The van der Waals surface area contributed by atoms with Crippen LogP contribution in [0.1, 0.15) is 16.7 Å². The van der Waals surface area contributed by atoms with E-state index in [1.165, 1.54) is 11.1 Å². The molecule has 0 N–H and O–H groups in total. The first kappa shape index (κ1) is 14.5. The summed E-state index contributed by atoms with van der Waals surface area (Å²) in [5.74, 6) is 0.711. The molecule has 0 radical (unpaired) electrons. The summed E-state index contributed by atoms with van der Waals surface area (Å²) in [6, 6.07) is 12.3. The first-order chi connectivity index (χ1) is 11.0. The lowest BCUT2D eigenvalue weighted by Gasteiger charge is -2.20. The van der Waals surface area contributed by atoms with Gasteiger partial charge in [0.2, 0.25) is 5.95 Å². The number of hydrogen-bond acceptors (Lipinski definition) is 3. The second-order valence-electron chi connectivity index (χ2n) is 6.04. The summed E-state index contributed by atoms with van der Waals surface area (Å²) in [5, 5.41) is 0.653.